The zero-order chi connectivity index (χ0) is 17.4. The third-order valence-corrected chi connectivity index (χ3v) is 5.37. The van der Waals surface area contributed by atoms with Crippen LogP contribution in [0.5, 0.6) is 0 Å². The second-order valence-electron chi connectivity index (χ2n) is 6.97. The van der Waals surface area contributed by atoms with Crippen LogP contribution in [-0.4, -0.2) is 25.4 Å². The van der Waals surface area contributed by atoms with Gasteiger partial charge in [0.15, 0.2) is 0 Å². The number of anilines is 2. The van der Waals surface area contributed by atoms with Crippen LogP contribution in [0.3, 0.4) is 0 Å². The predicted molar refractivity (Wildman–Crippen MR) is 98.6 cm³/mol. The molecular formula is C21H22N2O2. The maximum atomic E-state index is 13.3. The fraction of sp³-hybridized carbons (Fsp3) is 0.333. The molecule has 1 fully saturated rings. The molecule has 4 heteroatoms. The molecule has 2 aliphatic rings. The number of rotatable bonds is 3. The summed E-state index contributed by atoms with van der Waals surface area (Å²) in [5.74, 6) is -0.126. The van der Waals surface area contributed by atoms with Gasteiger partial charge in [-0.1, -0.05) is 36.4 Å². The third kappa shape index (κ3) is 2.62. The van der Waals surface area contributed by atoms with E-state index in [1.54, 1.807) is 11.9 Å². The van der Waals surface area contributed by atoms with Crippen LogP contribution in [0, 0.1) is 5.41 Å². The first-order valence-corrected chi connectivity index (χ1v) is 8.86. The largest absolute Gasteiger partial charge is 0.315 e. The Kier molecular flexibility index (Phi) is 3.83. The molecule has 0 saturated heterocycles. The van der Waals surface area contributed by atoms with Gasteiger partial charge in [-0.2, -0.15) is 0 Å². The molecule has 0 bridgehead atoms. The molecule has 4 nitrogen and oxygen atoms in total. The molecule has 1 aliphatic heterocycles. The Morgan fingerprint density at radius 1 is 1.00 bits per heavy atom. The van der Waals surface area contributed by atoms with E-state index in [1.807, 2.05) is 53.4 Å². The van der Waals surface area contributed by atoms with Gasteiger partial charge in [0.25, 0.3) is 0 Å². The number of benzene rings is 2. The van der Waals surface area contributed by atoms with Gasteiger partial charge in [0.2, 0.25) is 11.8 Å². The van der Waals surface area contributed by atoms with Gasteiger partial charge in [-0.05, 0) is 49.4 Å². The maximum Gasteiger partial charge on any atom is 0.242 e. The van der Waals surface area contributed by atoms with Crippen molar-refractivity contribution in [2.45, 2.75) is 25.7 Å². The lowest BCUT2D eigenvalue weighted by Gasteiger charge is -2.33. The van der Waals surface area contributed by atoms with Crippen LogP contribution in [0.25, 0.3) is 0 Å². The molecule has 0 radical (unpaired) electrons. The van der Waals surface area contributed by atoms with Gasteiger partial charge in [-0.3, -0.25) is 9.59 Å². The summed E-state index contributed by atoms with van der Waals surface area (Å²) in [4.78, 5) is 29.9. The predicted octanol–water partition coefficient (Wildman–Crippen LogP) is 3.41. The lowest BCUT2D eigenvalue weighted by atomic mass is 9.97. The van der Waals surface area contributed by atoms with Crippen molar-refractivity contribution in [1.82, 2.24) is 0 Å². The topological polar surface area (TPSA) is 40.6 Å². The van der Waals surface area contributed by atoms with Crippen LogP contribution in [0.2, 0.25) is 0 Å². The fourth-order valence-electron chi connectivity index (χ4n) is 3.74. The number of amides is 2. The summed E-state index contributed by atoms with van der Waals surface area (Å²) in [6.07, 6.45) is 3.22. The summed E-state index contributed by atoms with van der Waals surface area (Å²) in [6.45, 7) is 0.694. The molecule has 0 atom stereocenters. The van der Waals surface area contributed by atoms with E-state index >= 15 is 0 Å². The van der Waals surface area contributed by atoms with Crippen molar-refractivity contribution in [2.24, 2.45) is 5.41 Å². The molecule has 2 aromatic carbocycles. The molecule has 0 spiro atoms. The molecule has 1 heterocycles. The summed E-state index contributed by atoms with van der Waals surface area (Å²) in [6, 6.07) is 17.6. The van der Waals surface area contributed by atoms with Crippen molar-refractivity contribution in [3.8, 4) is 0 Å². The number of fused-ring (bicyclic) bond motifs is 1. The van der Waals surface area contributed by atoms with Crippen LogP contribution in [0.4, 0.5) is 11.4 Å². The summed E-state index contributed by atoms with van der Waals surface area (Å²) < 4.78 is 0. The number of hydrogen-bond acceptors (Lipinski definition) is 2. The second kappa shape index (κ2) is 6.03. The quantitative estimate of drug-likeness (QED) is 0.807. The first-order chi connectivity index (χ1) is 12.1. The molecule has 0 N–H and O–H groups in total. The van der Waals surface area contributed by atoms with E-state index in [0.29, 0.717) is 19.4 Å². The molecule has 1 saturated carbocycles. The van der Waals surface area contributed by atoms with Crippen LogP contribution < -0.4 is 9.80 Å². The van der Waals surface area contributed by atoms with Gasteiger partial charge in [0, 0.05) is 25.0 Å². The molecule has 4 rings (SSSR count). The molecular weight excluding hydrogens is 312 g/mol. The van der Waals surface area contributed by atoms with E-state index in [4.69, 9.17) is 0 Å². The average molecular weight is 334 g/mol. The van der Waals surface area contributed by atoms with Crippen LogP contribution in [0.1, 0.15) is 24.8 Å². The Morgan fingerprint density at radius 2 is 1.68 bits per heavy atom. The van der Waals surface area contributed by atoms with Gasteiger partial charge in [-0.15, -0.1) is 0 Å². The van der Waals surface area contributed by atoms with E-state index in [1.165, 1.54) is 5.56 Å². The minimum absolute atomic E-state index is 0.0348. The fourth-order valence-corrected chi connectivity index (χ4v) is 3.74. The van der Waals surface area contributed by atoms with Crippen molar-refractivity contribution < 1.29 is 9.59 Å². The first-order valence-electron chi connectivity index (χ1n) is 8.86. The third-order valence-electron chi connectivity index (χ3n) is 5.37. The van der Waals surface area contributed by atoms with Crippen LogP contribution in [0.15, 0.2) is 54.6 Å². The molecule has 2 amide bonds. The second-order valence-corrected chi connectivity index (χ2v) is 6.97. The maximum absolute atomic E-state index is 13.3. The van der Waals surface area contributed by atoms with Crippen LogP contribution in [-0.2, 0) is 16.0 Å². The van der Waals surface area contributed by atoms with Gasteiger partial charge >= 0.3 is 0 Å². The Bertz CT molecular complexity index is 812. The zero-order valence-corrected chi connectivity index (χ0v) is 14.4. The van der Waals surface area contributed by atoms with Gasteiger partial charge in [0.1, 0.15) is 5.41 Å². The Hall–Kier alpha value is -2.62. The highest BCUT2D eigenvalue weighted by Gasteiger charge is 2.59. The summed E-state index contributed by atoms with van der Waals surface area (Å²) in [7, 11) is 1.76. The van der Waals surface area contributed by atoms with E-state index in [0.717, 1.165) is 24.2 Å². The molecule has 2 aromatic rings. The van der Waals surface area contributed by atoms with Crippen molar-refractivity contribution in [2.75, 3.05) is 23.4 Å². The Morgan fingerprint density at radius 3 is 2.40 bits per heavy atom. The van der Waals surface area contributed by atoms with E-state index in [-0.39, 0.29) is 11.8 Å². The van der Waals surface area contributed by atoms with Crippen molar-refractivity contribution in [3.63, 3.8) is 0 Å². The van der Waals surface area contributed by atoms with E-state index in [2.05, 4.69) is 6.07 Å². The van der Waals surface area contributed by atoms with E-state index < -0.39 is 5.41 Å². The van der Waals surface area contributed by atoms with Gasteiger partial charge in [-0.25, -0.2) is 0 Å². The minimum Gasteiger partial charge on any atom is -0.315 e. The Labute approximate surface area is 148 Å². The Balaban J connectivity index is 1.61. The molecule has 0 aromatic heterocycles. The standard InChI is InChI=1S/C21H22N2O2/c1-22(17-10-3-2-4-11-17)19(24)21(13-14-21)20(25)23-15-7-9-16-8-5-6-12-18(16)23/h2-6,8,10-12H,7,9,13-15H2,1H3. The normalized spacial score (nSPS) is 17.6. The number of carbonyl (C=O) groups excluding carboxylic acids is 2. The van der Waals surface area contributed by atoms with Crippen molar-refractivity contribution in [1.29, 1.82) is 0 Å². The molecule has 128 valence electrons. The van der Waals surface area contributed by atoms with Gasteiger partial charge in [0.05, 0.1) is 0 Å². The monoisotopic (exact) mass is 334 g/mol. The zero-order valence-electron chi connectivity index (χ0n) is 14.4. The lowest BCUT2D eigenvalue weighted by Crippen LogP contribution is -2.47. The van der Waals surface area contributed by atoms with Crippen LogP contribution >= 0.6 is 0 Å². The highest BCUT2D eigenvalue weighted by atomic mass is 16.2. The molecule has 1 aliphatic carbocycles. The lowest BCUT2D eigenvalue weighted by molar-refractivity contribution is -0.134. The summed E-state index contributed by atoms with van der Waals surface area (Å²) in [5.41, 5.74) is 2.11. The number of aryl methyl sites for hydroxylation is 1. The smallest absolute Gasteiger partial charge is 0.242 e. The summed E-state index contributed by atoms with van der Waals surface area (Å²) >= 11 is 0. The van der Waals surface area contributed by atoms with E-state index in [9.17, 15) is 9.59 Å². The number of nitrogens with zero attached hydrogens (tertiary/aromatic N) is 2. The summed E-state index contributed by atoms with van der Waals surface area (Å²) in [5, 5.41) is 0. The molecule has 0 unspecified atom stereocenters. The highest BCUT2D eigenvalue weighted by Crippen LogP contribution is 2.50. The SMILES string of the molecule is CN(C(=O)C1(C(=O)N2CCCc3ccccc32)CC1)c1ccccc1. The average Bonchev–Trinajstić information content (AvgIpc) is 3.48. The molecule has 25 heavy (non-hydrogen) atoms. The minimum atomic E-state index is -0.880. The van der Waals surface area contributed by atoms with Crippen molar-refractivity contribution >= 4 is 23.2 Å². The first kappa shape index (κ1) is 15.9. The number of hydrogen-bond donors (Lipinski definition) is 0. The van der Waals surface area contributed by atoms with Crippen molar-refractivity contribution in [3.05, 3.63) is 60.2 Å². The van der Waals surface area contributed by atoms with Gasteiger partial charge < -0.3 is 9.80 Å². The number of para-hydroxylation sites is 2. The number of carbonyl (C=O) groups is 2. The highest BCUT2D eigenvalue weighted by molar-refractivity contribution is 6.18.